The van der Waals surface area contributed by atoms with Crippen LogP contribution >= 0.6 is 0 Å². The summed E-state index contributed by atoms with van der Waals surface area (Å²) in [5.74, 6) is -0.601. The monoisotopic (exact) mass is 310 g/mol. The van der Waals surface area contributed by atoms with Gasteiger partial charge in [-0.1, -0.05) is 0 Å². The number of hydrogen-bond acceptors (Lipinski definition) is 4. The molecule has 0 aliphatic heterocycles. The quantitative estimate of drug-likeness (QED) is 0.906. The van der Waals surface area contributed by atoms with Crippen LogP contribution in [0, 0.1) is 19.7 Å². The molecule has 2 aromatic rings. The maximum absolute atomic E-state index is 13.7. The Balaban J connectivity index is 2.42. The normalized spacial score (nSPS) is 11.4. The number of anilines is 1. The lowest BCUT2D eigenvalue weighted by molar-refractivity contribution is 0.275. The van der Waals surface area contributed by atoms with E-state index >= 15 is 0 Å². The number of halogens is 1. The molecule has 0 saturated heterocycles. The second kappa shape index (κ2) is 5.79. The van der Waals surface area contributed by atoms with Gasteiger partial charge in [-0.25, -0.2) is 12.8 Å². The molecule has 0 spiro atoms. The Labute approximate surface area is 122 Å². The molecule has 2 rings (SSSR count). The fourth-order valence-electron chi connectivity index (χ4n) is 1.90. The third-order valence-corrected chi connectivity index (χ3v) is 4.29. The number of aryl methyl sites for hydroxylation is 2. The predicted octanol–water partition coefficient (Wildman–Crippen LogP) is 2.13. The summed E-state index contributed by atoms with van der Waals surface area (Å²) in [6, 6.07) is 5.46. The van der Waals surface area contributed by atoms with E-state index in [1.165, 1.54) is 25.3 Å². The number of aromatic nitrogens is 1. The Hall–Kier alpha value is -1.99. The average molecular weight is 310 g/mol. The topological polar surface area (TPSA) is 79.3 Å². The molecular formula is C14H15FN2O3S. The average Bonchev–Trinajstić information content (AvgIpc) is 2.41. The molecule has 1 aromatic carbocycles. The Morgan fingerprint density at radius 2 is 2.00 bits per heavy atom. The van der Waals surface area contributed by atoms with Crippen molar-refractivity contribution in [3.05, 3.63) is 53.1 Å². The zero-order valence-corrected chi connectivity index (χ0v) is 12.4. The molecule has 0 aliphatic rings. The van der Waals surface area contributed by atoms with Gasteiger partial charge in [0, 0.05) is 17.5 Å². The van der Waals surface area contributed by atoms with Crippen molar-refractivity contribution in [2.75, 3.05) is 4.72 Å². The fraction of sp³-hybridized carbons (Fsp3) is 0.214. The van der Waals surface area contributed by atoms with Crippen molar-refractivity contribution in [2.45, 2.75) is 25.3 Å². The first kappa shape index (κ1) is 15.4. The number of rotatable bonds is 4. The van der Waals surface area contributed by atoms with Crippen molar-refractivity contribution >= 4 is 15.7 Å². The van der Waals surface area contributed by atoms with E-state index in [4.69, 9.17) is 5.11 Å². The fourth-order valence-corrected chi connectivity index (χ4v) is 3.08. The zero-order valence-electron chi connectivity index (χ0n) is 11.6. The highest BCUT2D eigenvalue weighted by molar-refractivity contribution is 7.92. The highest BCUT2D eigenvalue weighted by atomic mass is 32.2. The summed E-state index contributed by atoms with van der Waals surface area (Å²) in [5.41, 5.74) is 1.14. The molecule has 2 N–H and O–H groups in total. The van der Waals surface area contributed by atoms with Gasteiger partial charge < -0.3 is 5.11 Å². The number of sulfonamides is 1. The molecule has 0 unspecified atom stereocenters. The molecule has 5 nitrogen and oxygen atoms in total. The predicted molar refractivity (Wildman–Crippen MR) is 76.8 cm³/mol. The largest absolute Gasteiger partial charge is 0.392 e. The molecule has 0 atom stereocenters. The maximum atomic E-state index is 13.7. The summed E-state index contributed by atoms with van der Waals surface area (Å²) < 4.78 is 40.7. The minimum atomic E-state index is -3.86. The van der Waals surface area contributed by atoms with Crippen molar-refractivity contribution in [3.63, 3.8) is 0 Å². The van der Waals surface area contributed by atoms with Gasteiger partial charge in [-0.3, -0.25) is 9.71 Å². The van der Waals surface area contributed by atoms with Crippen molar-refractivity contribution in [1.29, 1.82) is 0 Å². The minimum Gasteiger partial charge on any atom is -0.392 e. The summed E-state index contributed by atoms with van der Waals surface area (Å²) in [4.78, 5) is 3.88. The number of pyridine rings is 1. The lowest BCUT2D eigenvalue weighted by Gasteiger charge is -2.11. The first-order chi connectivity index (χ1) is 9.83. The van der Waals surface area contributed by atoms with Gasteiger partial charge in [0.05, 0.1) is 17.2 Å². The molecule has 1 aromatic heterocycles. The van der Waals surface area contributed by atoms with Crippen LogP contribution in [-0.4, -0.2) is 18.5 Å². The van der Waals surface area contributed by atoms with E-state index in [0.29, 0.717) is 11.4 Å². The van der Waals surface area contributed by atoms with Gasteiger partial charge in [-0.15, -0.1) is 0 Å². The van der Waals surface area contributed by atoms with Crippen molar-refractivity contribution < 1.29 is 17.9 Å². The van der Waals surface area contributed by atoms with Crippen molar-refractivity contribution in [2.24, 2.45) is 0 Å². The second-order valence-corrected chi connectivity index (χ2v) is 6.35. The molecule has 112 valence electrons. The number of aliphatic hydroxyl groups excluding tert-OH is 1. The summed E-state index contributed by atoms with van der Waals surface area (Å²) in [6.45, 7) is 2.62. The minimum absolute atomic E-state index is 0.0544. The summed E-state index contributed by atoms with van der Waals surface area (Å²) >= 11 is 0. The summed E-state index contributed by atoms with van der Waals surface area (Å²) in [5, 5.41) is 9.10. The summed E-state index contributed by atoms with van der Waals surface area (Å²) in [7, 11) is -3.86. The number of aliphatic hydroxyl groups is 1. The lowest BCUT2D eigenvalue weighted by Crippen LogP contribution is -2.14. The molecule has 0 saturated carbocycles. The zero-order chi connectivity index (χ0) is 15.6. The Kier molecular flexibility index (Phi) is 4.24. The number of nitrogens with zero attached hydrogens (tertiary/aromatic N) is 1. The summed E-state index contributed by atoms with van der Waals surface area (Å²) in [6.07, 6.45) is 1.49. The molecule has 0 bridgehead atoms. The number of benzene rings is 1. The Morgan fingerprint density at radius 1 is 1.29 bits per heavy atom. The third kappa shape index (κ3) is 3.37. The van der Waals surface area contributed by atoms with Crippen LogP contribution in [0.1, 0.15) is 16.8 Å². The smallest absolute Gasteiger partial charge is 0.261 e. The molecule has 1 heterocycles. The van der Waals surface area contributed by atoms with Gasteiger partial charge in [0.2, 0.25) is 0 Å². The second-order valence-electron chi connectivity index (χ2n) is 4.66. The standard InChI is InChI=1S/C14H15FN2O3S/c1-9-5-13(7-11(8-18)14(9)15)21(19,20)17-12-3-4-16-10(2)6-12/h3-7,18H,8H2,1-2H3,(H,16,17). The van der Waals surface area contributed by atoms with Gasteiger partial charge in [0.25, 0.3) is 10.0 Å². The van der Waals surface area contributed by atoms with E-state index in [1.54, 1.807) is 13.0 Å². The Morgan fingerprint density at radius 3 is 2.62 bits per heavy atom. The van der Waals surface area contributed by atoms with Crippen LogP contribution in [0.4, 0.5) is 10.1 Å². The number of hydrogen-bond donors (Lipinski definition) is 2. The highest BCUT2D eigenvalue weighted by Crippen LogP contribution is 2.22. The van der Waals surface area contributed by atoms with Gasteiger partial charge >= 0.3 is 0 Å². The van der Waals surface area contributed by atoms with Crippen LogP contribution in [0.3, 0.4) is 0 Å². The van der Waals surface area contributed by atoms with E-state index in [2.05, 4.69) is 9.71 Å². The van der Waals surface area contributed by atoms with Crippen LogP contribution in [0.25, 0.3) is 0 Å². The molecular weight excluding hydrogens is 295 g/mol. The maximum Gasteiger partial charge on any atom is 0.261 e. The molecule has 0 aliphatic carbocycles. The van der Waals surface area contributed by atoms with Crippen LogP contribution in [-0.2, 0) is 16.6 Å². The molecule has 21 heavy (non-hydrogen) atoms. The highest BCUT2D eigenvalue weighted by Gasteiger charge is 2.18. The van der Waals surface area contributed by atoms with E-state index in [9.17, 15) is 12.8 Å². The third-order valence-electron chi connectivity index (χ3n) is 2.93. The lowest BCUT2D eigenvalue weighted by atomic mass is 10.1. The van der Waals surface area contributed by atoms with Gasteiger partial charge in [0.15, 0.2) is 0 Å². The van der Waals surface area contributed by atoms with Crippen LogP contribution in [0.5, 0.6) is 0 Å². The van der Waals surface area contributed by atoms with E-state index in [-0.39, 0.29) is 16.0 Å². The Bertz CT molecular complexity index is 776. The first-order valence-electron chi connectivity index (χ1n) is 6.19. The van der Waals surface area contributed by atoms with E-state index < -0.39 is 22.4 Å². The molecule has 0 fully saturated rings. The van der Waals surface area contributed by atoms with Gasteiger partial charge in [-0.2, -0.15) is 0 Å². The molecule has 0 amide bonds. The SMILES string of the molecule is Cc1cc(NS(=O)(=O)c2cc(C)c(F)c(CO)c2)ccn1. The van der Waals surface area contributed by atoms with E-state index in [0.717, 1.165) is 6.07 Å². The van der Waals surface area contributed by atoms with Crippen molar-refractivity contribution in [1.82, 2.24) is 4.98 Å². The van der Waals surface area contributed by atoms with E-state index in [1.807, 2.05) is 0 Å². The number of nitrogens with one attached hydrogen (secondary N) is 1. The van der Waals surface area contributed by atoms with Crippen LogP contribution in [0.15, 0.2) is 35.4 Å². The van der Waals surface area contributed by atoms with Crippen LogP contribution in [0.2, 0.25) is 0 Å². The molecule has 0 radical (unpaired) electrons. The first-order valence-corrected chi connectivity index (χ1v) is 7.67. The molecule has 7 heteroatoms. The van der Waals surface area contributed by atoms with Gasteiger partial charge in [0.1, 0.15) is 5.82 Å². The van der Waals surface area contributed by atoms with Crippen LogP contribution < -0.4 is 4.72 Å². The van der Waals surface area contributed by atoms with Gasteiger partial charge in [-0.05, 0) is 43.7 Å². The van der Waals surface area contributed by atoms with Crippen molar-refractivity contribution in [3.8, 4) is 0 Å².